The molecule has 0 unspecified atom stereocenters. The summed E-state index contributed by atoms with van der Waals surface area (Å²) >= 11 is 0. The number of ether oxygens (including phenoxy) is 1. The van der Waals surface area contributed by atoms with Crippen LogP contribution in [0.15, 0.2) is 42.5 Å². The van der Waals surface area contributed by atoms with Crippen LogP contribution in [-0.4, -0.2) is 41.8 Å². The minimum atomic E-state index is -0.136. The van der Waals surface area contributed by atoms with E-state index >= 15 is 0 Å². The normalized spacial score (nSPS) is 16.7. The first-order valence-corrected chi connectivity index (χ1v) is 10.3. The topological polar surface area (TPSA) is 63.7 Å². The van der Waals surface area contributed by atoms with Crippen molar-refractivity contribution in [3.05, 3.63) is 48.0 Å². The molecule has 1 atom stereocenters. The van der Waals surface area contributed by atoms with Gasteiger partial charge < -0.3 is 9.64 Å². The minimum Gasteiger partial charge on any atom is -0.466 e. The lowest BCUT2D eigenvalue weighted by Crippen LogP contribution is -2.32. The van der Waals surface area contributed by atoms with E-state index in [0.29, 0.717) is 32.4 Å². The summed E-state index contributed by atoms with van der Waals surface area (Å²) in [7, 11) is 0. The van der Waals surface area contributed by atoms with E-state index in [-0.39, 0.29) is 23.7 Å². The second-order valence-electron chi connectivity index (χ2n) is 7.15. The number of esters is 1. The number of allylic oxidation sites excluding steroid dienone is 1. The average Bonchev–Trinajstić information content (AvgIpc) is 3.03. The first-order chi connectivity index (χ1) is 13.6. The summed E-state index contributed by atoms with van der Waals surface area (Å²) in [5, 5.41) is 0. The van der Waals surface area contributed by atoms with E-state index in [1.165, 1.54) is 0 Å². The van der Waals surface area contributed by atoms with E-state index < -0.39 is 0 Å². The van der Waals surface area contributed by atoms with E-state index in [2.05, 4.69) is 0 Å². The van der Waals surface area contributed by atoms with Gasteiger partial charge >= 0.3 is 5.97 Å². The predicted molar refractivity (Wildman–Crippen MR) is 109 cm³/mol. The van der Waals surface area contributed by atoms with Crippen molar-refractivity contribution in [3.8, 4) is 0 Å². The largest absolute Gasteiger partial charge is 0.466 e. The zero-order valence-electron chi connectivity index (χ0n) is 16.8. The molecule has 1 aromatic rings. The Morgan fingerprint density at radius 2 is 1.89 bits per heavy atom. The number of hydrogen-bond donors (Lipinski definition) is 0. The van der Waals surface area contributed by atoms with Gasteiger partial charge in [-0.05, 0) is 37.8 Å². The van der Waals surface area contributed by atoms with Gasteiger partial charge in [0, 0.05) is 25.8 Å². The molecule has 0 spiro atoms. The molecule has 1 aliphatic rings. The van der Waals surface area contributed by atoms with Crippen molar-refractivity contribution in [2.75, 3.05) is 13.2 Å². The highest BCUT2D eigenvalue weighted by Crippen LogP contribution is 2.21. The molecule has 2 rings (SSSR count). The van der Waals surface area contributed by atoms with Crippen LogP contribution in [0.25, 0.3) is 0 Å². The average molecular weight is 386 g/mol. The lowest BCUT2D eigenvalue weighted by Gasteiger charge is -2.22. The molecule has 0 aliphatic carbocycles. The molecule has 0 saturated carbocycles. The number of rotatable bonds is 12. The maximum atomic E-state index is 12.2. The molecule has 0 N–H and O–H groups in total. The summed E-state index contributed by atoms with van der Waals surface area (Å²) in [4.78, 5) is 37.5. The van der Waals surface area contributed by atoms with Crippen LogP contribution >= 0.6 is 0 Å². The third-order valence-corrected chi connectivity index (χ3v) is 4.94. The summed E-state index contributed by atoms with van der Waals surface area (Å²) in [5.74, 6) is 0.0868. The third-order valence-electron chi connectivity index (χ3n) is 4.94. The standard InChI is InChI=1S/C23H31NO4/c1-2-28-23(27)12-8-3-4-9-17-24-20(14-16-22(24)26)13-15-21(25)18-19-10-6-5-7-11-19/h5-7,10-11,13,15,20H,2-4,8-9,12,14,16-18H2,1H3/t20-/m0/s1. The second kappa shape index (κ2) is 12.1. The molecule has 1 amide bonds. The fourth-order valence-corrected chi connectivity index (χ4v) is 3.46. The number of benzene rings is 1. The summed E-state index contributed by atoms with van der Waals surface area (Å²) < 4.78 is 4.91. The Morgan fingerprint density at radius 1 is 1.14 bits per heavy atom. The van der Waals surface area contributed by atoms with Gasteiger partial charge in [-0.2, -0.15) is 0 Å². The molecule has 0 aromatic heterocycles. The smallest absolute Gasteiger partial charge is 0.305 e. The summed E-state index contributed by atoms with van der Waals surface area (Å²) in [6.07, 6.45) is 9.36. The number of ketones is 1. The first kappa shape index (κ1) is 21.9. The Kier molecular flexibility index (Phi) is 9.46. The van der Waals surface area contributed by atoms with Crippen LogP contribution in [0.3, 0.4) is 0 Å². The zero-order chi connectivity index (χ0) is 20.2. The molecule has 1 saturated heterocycles. The number of carbonyl (C=O) groups excluding carboxylic acids is 3. The molecule has 28 heavy (non-hydrogen) atoms. The fourth-order valence-electron chi connectivity index (χ4n) is 3.46. The number of nitrogens with zero attached hydrogens (tertiary/aromatic N) is 1. The highest BCUT2D eigenvalue weighted by Gasteiger charge is 2.28. The van der Waals surface area contributed by atoms with Crippen molar-refractivity contribution in [1.82, 2.24) is 4.90 Å². The Balaban J connectivity index is 1.70. The number of unbranched alkanes of at least 4 members (excludes halogenated alkanes) is 3. The second-order valence-corrected chi connectivity index (χ2v) is 7.15. The van der Waals surface area contributed by atoms with E-state index in [9.17, 15) is 14.4 Å². The lowest BCUT2D eigenvalue weighted by molar-refractivity contribution is -0.143. The van der Waals surface area contributed by atoms with Gasteiger partial charge in [0.15, 0.2) is 5.78 Å². The Morgan fingerprint density at radius 3 is 2.64 bits per heavy atom. The molecular weight excluding hydrogens is 354 g/mol. The maximum Gasteiger partial charge on any atom is 0.305 e. The van der Waals surface area contributed by atoms with Gasteiger partial charge in [0.1, 0.15) is 0 Å². The van der Waals surface area contributed by atoms with Crippen LogP contribution in [0.2, 0.25) is 0 Å². The van der Waals surface area contributed by atoms with Gasteiger partial charge in [0.2, 0.25) is 5.91 Å². The van der Waals surface area contributed by atoms with Crippen molar-refractivity contribution in [2.24, 2.45) is 0 Å². The summed E-state index contributed by atoms with van der Waals surface area (Å²) in [5.41, 5.74) is 0.999. The van der Waals surface area contributed by atoms with Crippen LogP contribution in [0.5, 0.6) is 0 Å². The van der Waals surface area contributed by atoms with Crippen molar-refractivity contribution in [3.63, 3.8) is 0 Å². The molecular formula is C23H31NO4. The number of amides is 1. The highest BCUT2D eigenvalue weighted by molar-refractivity contribution is 5.91. The SMILES string of the molecule is CCOC(=O)CCCCCCN1C(=O)CC[C@@H]1C=CC(=O)Cc1ccccc1. The quantitative estimate of drug-likeness (QED) is 0.311. The number of hydrogen-bond acceptors (Lipinski definition) is 4. The molecule has 152 valence electrons. The predicted octanol–water partition coefficient (Wildman–Crippen LogP) is 3.86. The fraction of sp³-hybridized carbons (Fsp3) is 0.522. The summed E-state index contributed by atoms with van der Waals surface area (Å²) in [6.45, 7) is 2.95. The maximum absolute atomic E-state index is 12.2. The van der Waals surface area contributed by atoms with Crippen molar-refractivity contribution >= 4 is 17.7 Å². The van der Waals surface area contributed by atoms with Gasteiger partial charge in [0.05, 0.1) is 12.6 Å². The van der Waals surface area contributed by atoms with Gasteiger partial charge in [0.25, 0.3) is 0 Å². The zero-order valence-corrected chi connectivity index (χ0v) is 16.8. The number of carbonyl (C=O) groups is 3. The molecule has 5 heteroatoms. The molecule has 0 bridgehead atoms. The summed E-state index contributed by atoms with van der Waals surface area (Å²) in [6, 6.07) is 9.69. The Hall–Kier alpha value is -2.43. The highest BCUT2D eigenvalue weighted by atomic mass is 16.5. The van der Waals surface area contributed by atoms with Crippen molar-refractivity contribution in [1.29, 1.82) is 0 Å². The van der Waals surface area contributed by atoms with Crippen molar-refractivity contribution < 1.29 is 19.1 Å². The van der Waals surface area contributed by atoms with E-state index in [1.54, 1.807) is 6.08 Å². The molecule has 1 heterocycles. The van der Waals surface area contributed by atoms with Gasteiger partial charge in [-0.15, -0.1) is 0 Å². The molecule has 1 aromatic carbocycles. The van der Waals surface area contributed by atoms with E-state index in [1.807, 2.05) is 48.2 Å². The van der Waals surface area contributed by atoms with Crippen LogP contribution in [0.1, 0.15) is 57.4 Å². The molecule has 0 radical (unpaired) electrons. The van der Waals surface area contributed by atoms with Gasteiger partial charge in [-0.3, -0.25) is 14.4 Å². The Labute approximate surface area is 167 Å². The van der Waals surface area contributed by atoms with Crippen LogP contribution in [0, 0.1) is 0 Å². The van der Waals surface area contributed by atoms with E-state index in [0.717, 1.165) is 37.7 Å². The monoisotopic (exact) mass is 385 g/mol. The lowest BCUT2D eigenvalue weighted by atomic mass is 10.1. The number of likely N-dealkylation sites (tertiary alicyclic amines) is 1. The molecule has 5 nitrogen and oxygen atoms in total. The Bertz CT molecular complexity index is 668. The molecule has 1 fully saturated rings. The van der Waals surface area contributed by atoms with Crippen molar-refractivity contribution in [2.45, 2.75) is 64.3 Å². The third kappa shape index (κ3) is 7.67. The van der Waals surface area contributed by atoms with Crippen LogP contribution in [-0.2, 0) is 25.5 Å². The first-order valence-electron chi connectivity index (χ1n) is 10.3. The van der Waals surface area contributed by atoms with E-state index in [4.69, 9.17) is 4.74 Å². The van der Waals surface area contributed by atoms with Gasteiger partial charge in [-0.1, -0.05) is 49.2 Å². The minimum absolute atomic E-state index is 0.0201. The van der Waals surface area contributed by atoms with Crippen LogP contribution in [0.4, 0.5) is 0 Å². The van der Waals surface area contributed by atoms with Gasteiger partial charge in [-0.25, -0.2) is 0 Å². The molecule has 1 aliphatic heterocycles. The van der Waals surface area contributed by atoms with Crippen LogP contribution < -0.4 is 0 Å².